The third-order valence-corrected chi connectivity index (χ3v) is 5.44. The van der Waals surface area contributed by atoms with Gasteiger partial charge in [0.2, 0.25) is 0 Å². The third kappa shape index (κ3) is 7.84. The Balaban J connectivity index is 1.73. The number of hydrogen-bond acceptors (Lipinski definition) is 4. The van der Waals surface area contributed by atoms with Crippen LogP contribution in [0.15, 0.2) is 72.8 Å². The molecule has 0 bridgehead atoms. The van der Waals surface area contributed by atoms with Gasteiger partial charge in [0.1, 0.15) is 0 Å². The Morgan fingerprint density at radius 2 is 1.32 bits per heavy atom. The molecular weight excluding hydrogens is 424 g/mol. The van der Waals surface area contributed by atoms with Crippen LogP contribution in [0.5, 0.6) is 11.5 Å². The molecule has 0 fully saturated rings. The van der Waals surface area contributed by atoms with E-state index in [1.807, 2.05) is 60.7 Å². The van der Waals surface area contributed by atoms with Gasteiger partial charge in [0.15, 0.2) is 11.5 Å². The molecule has 5 nitrogen and oxygen atoms in total. The highest BCUT2D eigenvalue weighted by atomic mass is 16.5. The fourth-order valence-electron chi connectivity index (χ4n) is 3.52. The van der Waals surface area contributed by atoms with E-state index in [0.717, 1.165) is 49.9 Å². The van der Waals surface area contributed by atoms with Gasteiger partial charge in [-0.3, -0.25) is 4.79 Å². The van der Waals surface area contributed by atoms with Crippen LogP contribution in [-0.2, 0) is 0 Å². The Morgan fingerprint density at radius 1 is 0.706 bits per heavy atom. The second kappa shape index (κ2) is 13.9. The minimum Gasteiger partial charge on any atom is -0.490 e. The molecule has 3 aromatic rings. The SMILES string of the molecule is CCCCCOc1ccc(C(=O)Nc2ccccc2Nc2ccccc2)cc1OCCCCC. The van der Waals surface area contributed by atoms with E-state index in [-0.39, 0.29) is 5.91 Å². The number of carbonyl (C=O) groups is 1. The molecule has 0 radical (unpaired) electrons. The van der Waals surface area contributed by atoms with Crippen molar-refractivity contribution >= 4 is 23.0 Å². The molecule has 0 aliphatic rings. The Bertz CT molecular complexity index is 1020. The number of nitrogens with one attached hydrogen (secondary N) is 2. The van der Waals surface area contributed by atoms with Crippen molar-refractivity contribution in [2.45, 2.75) is 52.4 Å². The smallest absolute Gasteiger partial charge is 0.255 e. The van der Waals surface area contributed by atoms with Crippen molar-refractivity contribution in [2.24, 2.45) is 0 Å². The molecule has 1 amide bonds. The topological polar surface area (TPSA) is 59.6 Å². The van der Waals surface area contributed by atoms with Gasteiger partial charge >= 0.3 is 0 Å². The van der Waals surface area contributed by atoms with Crippen LogP contribution in [0.1, 0.15) is 62.7 Å². The van der Waals surface area contributed by atoms with Crippen molar-refractivity contribution in [1.82, 2.24) is 0 Å². The van der Waals surface area contributed by atoms with E-state index < -0.39 is 0 Å². The van der Waals surface area contributed by atoms with Crippen molar-refractivity contribution in [1.29, 1.82) is 0 Å². The quantitative estimate of drug-likeness (QED) is 0.241. The maximum Gasteiger partial charge on any atom is 0.255 e. The van der Waals surface area contributed by atoms with Crippen molar-refractivity contribution in [2.75, 3.05) is 23.8 Å². The van der Waals surface area contributed by atoms with Gasteiger partial charge in [0, 0.05) is 11.3 Å². The van der Waals surface area contributed by atoms with E-state index in [4.69, 9.17) is 9.47 Å². The Labute approximate surface area is 203 Å². The third-order valence-electron chi connectivity index (χ3n) is 5.44. The van der Waals surface area contributed by atoms with Crippen LogP contribution < -0.4 is 20.1 Å². The molecule has 34 heavy (non-hydrogen) atoms. The number of ether oxygens (including phenoxy) is 2. The molecule has 0 aliphatic heterocycles. The van der Waals surface area contributed by atoms with Crippen molar-refractivity contribution < 1.29 is 14.3 Å². The first-order chi connectivity index (χ1) is 16.7. The number of unbranched alkanes of at least 4 members (excludes halogenated alkanes) is 4. The number of anilines is 3. The highest BCUT2D eigenvalue weighted by Gasteiger charge is 2.14. The second-order valence-electron chi connectivity index (χ2n) is 8.26. The lowest BCUT2D eigenvalue weighted by Gasteiger charge is -2.16. The van der Waals surface area contributed by atoms with Crippen LogP contribution >= 0.6 is 0 Å². The van der Waals surface area contributed by atoms with E-state index in [1.165, 1.54) is 0 Å². The summed E-state index contributed by atoms with van der Waals surface area (Å²) in [5, 5.41) is 6.40. The average Bonchev–Trinajstić information content (AvgIpc) is 2.87. The summed E-state index contributed by atoms with van der Waals surface area (Å²) in [6.45, 7) is 5.58. The van der Waals surface area contributed by atoms with Crippen LogP contribution in [0.2, 0.25) is 0 Å². The molecule has 5 heteroatoms. The highest BCUT2D eigenvalue weighted by Crippen LogP contribution is 2.30. The fraction of sp³-hybridized carbons (Fsp3) is 0.345. The molecule has 0 aliphatic carbocycles. The molecule has 0 heterocycles. The van der Waals surface area contributed by atoms with E-state index >= 15 is 0 Å². The molecule has 2 N–H and O–H groups in total. The lowest BCUT2D eigenvalue weighted by molar-refractivity contribution is 0.102. The zero-order valence-electron chi connectivity index (χ0n) is 20.3. The summed E-state index contributed by atoms with van der Waals surface area (Å²) < 4.78 is 12.0. The van der Waals surface area contributed by atoms with Crippen LogP contribution in [0.25, 0.3) is 0 Å². The predicted molar refractivity (Wildman–Crippen MR) is 141 cm³/mol. The van der Waals surface area contributed by atoms with Gasteiger partial charge in [0.25, 0.3) is 5.91 Å². The number of rotatable bonds is 14. The van der Waals surface area contributed by atoms with E-state index in [9.17, 15) is 4.79 Å². The summed E-state index contributed by atoms with van der Waals surface area (Å²) in [4.78, 5) is 13.1. The molecule has 3 aromatic carbocycles. The average molecular weight is 461 g/mol. The van der Waals surface area contributed by atoms with Crippen LogP contribution in [-0.4, -0.2) is 19.1 Å². The summed E-state index contributed by atoms with van der Waals surface area (Å²) in [7, 11) is 0. The first-order valence-corrected chi connectivity index (χ1v) is 12.3. The van der Waals surface area contributed by atoms with Gasteiger partial charge < -0.3 is 20.1 Å². The van der Waals surface area contributed by atoms with Gasteiger partial charge in [0.05, 0.1) is 24.6 Å². The van der Waals surface area contributed by atoms with Crippen molar-refractivity contribution in [3.8, 4) is 11.5 Å². The normalized spacial score (nSPS) is 10.5. The summed E-state index contributed by atoms with van der Waals surface area (Å²) in [6.07, 6.45) is 6.48. The summed E-state index contributed by atoms with van der Waals surface area (Å²) in [6, 6.07) is 23.0. The molecule has 0 atom stereocenters. The minimum absolute atomic E-state index is 0.196. The maximum atomic E-state index is 13.1. The van der Waals surface area contributed by atoms with E-state index in [0.29, 0.717) is 36.0 Å². The molecule has 180 valence electrons. The summed E-state index contributed by atoms with van der Waals surface area (Å²) in [5.41, 5.74) is 3.02. The van der Waals surface area contributed by atoms with Gasteiger partial charge in [-0.05, 0) is 55.3 Å². The highest BCUT2D eigenvalue weighted by molar-refractivity contribution is 6.06. The molecule has 0 saturated carbocycles. The van der Waals surface area contributed by atoms with Crippen LogP contribution in [0.4, 0.5) is 17.1 Å². The summed E-state index contributed by atoms with van der Waals surface area (Å²) in [5.74, 6) is 1.12. The molecule has 0 aromatic heterocycles. The number of benzene rings is 3. The van der Waals surface area contributed by atoms with Crippen molar-refractivity contribution in [3.05, 3.63) is 78.4 Å². The second-order valence-corrected chi connectivity index (χ2v) is 8.26. The standard InChI is InChI=1S/C29H36N2O3/c1-3-5-12-20-33-27-19-18-23(22-28(27)34-21-13-6-4-2)29(32)31-26-17-11-10-16-25(26)30-24-14-8-7-9-15-24/h7-11,14-19,22,30H,3-6,12-13,20-21H2,1-2H3,(H,31,32). The molecule has 0 saturated heterocycles. The molecule has 0 unspecified atom stereocenters. The number of para-hydroxylation sites is 3. The van der Waals surface area contributed by atoms with E-state index in [2.05, 4.69) is 24.5 Å². The monoisotopic (exact) mass is 460 g/mol. The number of amides is 1. The summed E-state index contributed by atoms with van der Waals surface area (Å²) >= 11 is 0. The van der Waals surface area contributed by atoms with Crippen LogP contribution in [0, 0.1) is 0 Å². The zero-order valence-corrected chi connectivity index (χ0v) is 20.3. The number of carbonyl (C=O) groups excluding carboxylic acids is 1. The minimum atomic E-state index is -0.196. The predicted octanol–water partition coefficient (Wildman–Crippen LogP) is 7.82. The molecule has 0 spiro atoms. The van der Waals surface area contributed by atoms with E-state index in [1.54, 1.807) is 12.1 Å². The van der Waals surface area contributed by atoms with Gasteiger partial charge in [-0.15, -0.1) is 0 Å². The van der Waals surface area contributed by atoms with Gasteiger partial charge in [-0.1, -0.05) is 69.9 Å². The molecule has 3 rings (SSSR count). The first-order valence-electron chi connectivity index (χ1n) is 12.3. The first kappa shape index (κ1) is 25.2. The largest absolute Gasteiger partial charge is 0.490 e. The maximum absolute atomic E-state index is 13.1. The fourth-order valence-corrected chi connectivity index (χ4v) is 3.52. The Morgan fingerprint density at radius 3 is 2.00 bits per heavy atom. The lowest BCUT2D eigenvalue weighted by Crippen LogP contribution is -2.13. The van der Waals surface area contributed by atoms with Crippen molar-refractivity contribution in [3.63, 3.8) is 0 Å². The van der Waals surface area contributed by atoms with Gasteiger partial charge in [-0.25, -0.2) is 0 Å². The molecular formula is C29H36N2O3. The lowest BCUT2D eigenvalue weighted by atomic mass is 10.1. The Kier molecular flexibility index (Phi) is 10.3. The van der Waals surface area contributed by atoms with Gasteiger partial charge in [-0.2, -0.15) is 0 Å². The zero-order chi connectivity index (χ0) is 24.0. The number of hydrogen-bond donors (Lipinski definition) is 2. The van der Waals surface area contributed by atoms with Crippen LogP contribution in [0.3, 0.4) is 0 Å². The Hall–Kier alpha value is -3.47.